The lowest BCUT2D eigenvalue weighted by molar-refractivity contribution is -0.123. The van der Waals surface area contributed by atoms with E-state index >= 15 is 0 Å². The first-order valence-corrected chi connectivity index (χ1v) is 12.4. The first-order valence-electron chi connectivity index (χ1n) is 12.4. The van der Waals surface area contributed by atoms with Crippen molar-refractivity contribution >= 4 is 47.0 Å². The topological polar surface area (TPSA) is 136 Å². The van der Waals surface area contributed by atoms with Crippen LogP contribution in [0, 0.1) is 6.92 Å². The second kappa shape index (κ2) is 12.8. The van der Waals surface area contributed by atoms with Gasteiger partial charge in [0.15, 0.2) is 6.61 Å². The third kappa shape index (κ3) is 6.87. The molecule has 206 valence electrons. The lowest BCUT2D eigenvalue weighted by atomic mass is 10.2. The largest absolute Gasteiger partial charge is 0.483 e. The number of rotatable bonds is 7. The van der Waals surface area contributed by atoms with Gasteiger partial charge in [0, 0.05) is 43.6 Å². The number of carboxylic acid groups (broad SMARTS) is 1. The SMILES string of the molecule is Cc1cnc(Nc2ccc(N3CCN(C)CC3)nc2)nc1Nc1ccc2c(c1)N(CCF)C(=O)CO2.O=CO. The van der Waals surface area contributed by atoms with Crippen LogP contribution in [-0.4, -0.2) is 90.4 Å². The van der Waals surface area contributed by atoms with Crippen LogP contribution < -0.4 is 25.2 Å². The summed E-state index contributed by atoms with van der Waals surface area (Å²) in [6.45, 7) is 4.88. The van der Waals surface area contributed by atoms with Gasteiger partial charge in [0.25, 0.3) is 12.4 Å². The molecule has 1 aromatic carbocycles. The van der Waals surface area contributed by atoms with Gasteiger partial charge in [0.1, 0.15) is 24.1 Å². The molecule has 1 saturated heterocycles. The molecule has 2 aromatic heterocycles. The summed E-state index contributed by atoms with van der Waals surface area (Å²) in [4.78, 5) is 40.2. The molecular weight excluding hydrogens is 507 g/mol. The molecule has 0 aliphatic carbocycles. The maximum absolute atomic E-state index is 13.0. The normalized spacial score (nSPS) is 15.0. The average Bonchev–Trinajstić information content (AvgIpc) is 2.94. The molecule has 13 heteroatoms. The van der Waals surface area contributed by atoms with Crippen LogP contribution in [0.4, 0.5) is 39.0 Å². The van der Waals surface area contributed by atoms with Crippen molar-refractivity contribution in [2.75, 3.05) is 73.5 Å². The summed E-state index contributed by atoms with van der Waals surface area (Å²) in [6, 6.07) is 9.33. The van der Waals surface area contributed by atoms with Gasteiger partial charge in [-0.15, -0.1) is 0 Å². The molecule has 1 fully saturated rings. The average molecular weight is 539 g/mol. The number of benzene rings is 1. The van der Waals surface area contributed by atoms with Crippen molar-refractivity contribution in [2.24, 2.45) is 0 Å². The number of ether oxygens (including phenoxy) is 1. The number of amides is 1. The summed E-state index contributed by atoms with van der Waals surface area (Å²) in [5.74, 6) is 2.26. The predicted octanol–water partition coefficient (Wildman–Crippen LogP) is 2.81. The van der Waals surface area contributed by atoms with Crippen molar-refractivity contribution in [3.05, 3.63) is 48.3 Å². The van der Waals surface area contributed by atoms with E-state index in [-0.39, 0.29) is 25.5 Å². The van der Waals surface area contributed by atoms with E-state index in [1.165, 1.54) is 4.90 Å². The Morgan fingerprint density at radius 3 is 2.51 bits per heavy atom. The van der Waals surface area contributed by atoms with E-state index in [9.17, 15) is 9.18 Å². The van der Waals surface area contributed by atoms with Crippen molar-refractivity contribution in [1.29, 1.82) is 0 Å². The van der Waals surface area contributed by atoms with E-state index in [4.69, 9.17) is 14.6 Å². The number of aryl methyl sites for hydroxylation is 1. The van der Waals surface area contributed by atoms with Gasteiger partial charge < -0.3 is 35.2 Å². The van der Waals surface area contributed by atoms with Crippen LogP contribution in [0.3, 0.4) is 0 Å². The molecule has 12 nitrogen and oxygen atoms in total. The number of carbonyl (C=O) groups is 2. The lowest BCUT2D eigenvalue weighted by Crippen LogP contribution is -2.44. The zero-order valence-corrected chi connectivity index (χ0v) is 21.8. The molecule has 0 unspecified atom stereocenters. The molecule has 0 bridgehead atoms. The van der Waals surface area contributed by atoms with Crippen LogP contribution in [0.15, 0.2) is 42.7 Å². The number of aromatic nitrogens is 3. The van der Waals surface area contributed by atoms with Gasteiger partial charge in [-0.3, -0.25) is 9.59 Å². The van der Waals surface area contributed by atoms with Gasteiger partial charge in [0.05, 0.1) is 24.1 Å². The molecule has 2 aliphatic heterocycles. The molecule has 3 N–H and O–H groups in total. The number of alkyl halides is 1. The second-order valence-corrected chi connectivity index (χ2v) is 8.98. The van der Waals surface area contributed by atoms with Crippen LogP contribution >= 0.6 is 0 Å². The summed E-state index contributed by atoms with van der Waals surface area (Å²) in [5, 5.41) is 13.4. The van der Waals surface area contributed by atoms with Crippen LogP contribution in [0.5, 0.6) is 5.75 Å². The fraction of sp³-hybridized carbons (Fsp3) is 0.346. The third-order valence-corrected chi connectivity index (χ3v) is 6.28. The molecule has 1 amide bonds. The van der Waals surface area contributed by atoms with Gasteiger partial charge in [-0.1, -0.05) is 0 Å². The summed E-state index contributed by atoms with van der Waals surface area (Å²) in [6.07, 6.45) is 3.51. The Hall–Kier alpha value is -4.52. The molecule has 0 spiro atoms. The molecule has 3 aromatic rings. The van der Waals surface area contributed by atoms with Crippen molar-refractivity contribution in [1.82, 2.24) is 19.9 Å². The van der Waals surface area contributed by atoms with E-state index in [0.717, 1.165) is 43.2 Å². The van der Waals surface area contributed by atoms with Crippen LogP contribution in [0.1, 0.15) is 5.56 Å². The monoisotopic (exact) mass is 538 g/mol. The minimum Gasteiger partial charge on any atom is -0.483 e. The molecule has 2 aliphatic rings. The van der Waals surface area contributed by atoms with E-state index in [2.05, 4.69) is 42.4 Å². The van der Waals surface area contributed by atoms with Crippen molar-refractivity contribution in [2.45, 2.75) is 6.92 Å². The molecule has 0 saturated carbocycles. The number of carbonyl (C=O) groups excluding carboxylic acids is 1. The quantitative estimate of drug-likeness (QED) is 0.383. The Kier molecular flexibility index (Phi) is 9.05. The second-order valence-electron chi connectivity index (χ2n) is 8.98. The highest BCUT2D eigenvalue weighted by Crippen LogP contribution is 2.35. The highest BCUT2D eigenvalue weighted by atomic mass is 19.1. The Morgan fingerprint density at radius 1 is 1.08 bits per heavy atom. The highest BCUT2D eigenvalue weighted by molar-refractivity contribution is 5.98. The van der Waals surface area contributed by atoms with Gasteiger partial charge in [-0.2, -0.15) is 4.98 Å². The number of piperazine rings is 1. The fourth-order valence-corrected chi connectivity index (χ4v) is 4.19. The van der Waals surface area contributed by atoms with Gasteiger partial charge >= 0.3 is 0 Å². The Labute approximate surface area is 225 Å². The standard InChI is InChI=1S/C25H29FN8O2.CH2O2/c1-17-14-28-25(30-19-4-6-22(27-15-19)33-11-9-32(2)10-12-33)31-24(17)29-18-3-5-21-20(13-18)34(8-7-26)23(35)16-36-21;2-1-3/h3-6,13-15H,7-12,16H2,1-2H3,(H2,28,29,30,31);1H,(H,2,3). The summed E-state index contributed by atoms with van der Waals surface area (Å²) in [7, 11) is 2.13. The molecular formula is C26H31FN8O4. The van der Waals surface area contributed by atoms with Crippen molar-refractivity contribution in [3.63, 3.8) is 0 Å². The molecule has 4 heterocycles. The predicted molar refractivity (Wildman–Crippen MR) is 146 cm³/mol. The Morgan fingerprint density at radius 2 is 1.82 bits per heavy atom. The molecule has 39 heavy (non-hydrogen) atoms. The number of nitrogens with one attached hydrogen (secondary N) is 2. The molecule has 5 rings (SSSR count). The van der Waals surface area contributed by atoms with Crippen molar-refractivity contribution in [3.8, 4) is 5.75 Å². The third-order valence-electron chi connectivity index (χ3n) is 6.28. The number of anilines is 6. The number of halogens is 1. The zero-order valence-electron chi connectivity index (χ0n) is 21.8. The summed E-state index contributed by atoms with van der Waals surface area (Å²) < 4.78 is 18.5. The lowest BCUT2D eigenvalue weighted by Gasteiger charge is -2.33. The zero-order chi connectivity index (χ0) is 27.8. The minimum absolute atomic E-state index is 0.0130. The Bertz CT molecular complexity index is 1290. The summed E-state index contributed by atoms with van der Waals surface area (Å²) >= 11 is 0. The van der Waals surface area contributed by atoms with E-state index in [0.29, 0.717) is 28.9 Å². The number of fused-ring (bicyclic) bond motifs is 1. The number of pyridine rings is 1. The van der Waals surface area contributed by atoms with E-state index in [1.54, 1.807) is 24.5 Å². The molecule has 0 atom stereocenters. The van der Waals surface area contributed by atoms with Gasteiger partial charge in [-0.25, -0.2) is 14.4 Å². The van der Waals surface area contributed by atoms with E-state index < -0.39 is 6.67 Å². The maximum Gasteiger partial charge on any atom is 0.290 e. The van der Waals surface area contributed by atoms with Crippen LogP contribution in [0.25, 0.3) is 0 Å². The minimum atomic E-state index is -0.631. The Balaban J connectivity index is 0.00000112. The first kappa shape index (κ1) is 27.5. The number of hydrogen-bond donors (Lipinski definition) is 3. The van der Waals surface area contributed by atoms with Crippen LogP contribution in [-0.2, 0) is 9.59 Å². The number of hydrogen-bond acceptors (Lipinski definition) is 10. The first-order chi connectivity index (χ1) is 18.9. The smallest absolute Gasteiger partial charge is 0.290 e. The number of likely N-dealkylation sites (N-methyl/N-ethyl adjacent to an activating group) is 1. The summed E-state index contributed by atoms with van der Waals surface area (Å²) in [5.41, 5.74) is 2.86. The maximum atomic E-state index is 13.0. The van der Waals surface area contributed by atoms with Gasteiger partial charge in [-0.05, 0) is 44.3 Å². The highest BCUT2D eigenvalue weighted by Gasteiger charge is 2.25. The van der Waals surface area contributed by atoms with Crippen LogP contribution in [0.2, 0.25) is 0 Å². The number of nitrogens with zero attached hydrogens (tertiary/aromatic N) is 6. The molecule has 0 radical (unpaired) electrons. The fourth-order valence-electron chi connectivity index (χ4n) is 4.19. The van der Waals surface area contributed by atoms with E-state index in [1.807, 2.05) is 25.1 Å². The van der Waals surface area contributed by atoms with Crippen molar-refractivity contribution < 1.29 is 23.8 Å². The van der Waals surface area contributed by atoms with Gasteiger partial charge in [0.2, 0.25) is 5.95 Å².